The van der Waals surface area contributed by atoms with Crippen molar-refractivity contribution in [2.24, 2.45) is 0 Å². The highest BCUT2D eigenvalue weighted by atomic mass is 32.3. The molecule has 2 rings (SSSR count). The third-order valence-corrected chi connectivity index (χ3v) is 5.16. The van der Waals surface area contributed by atoms with Gasteiger partial charge in [0.1, 0.15) is 0 Å². The van der Waals surface area contributed by atoms with Crippen LogP contribution in [0.5, 0.6) is 0 Å². The number of rotatable bonds is 3. The minimum atomic E-state index is -2.39. The van der Waals surface area contributed by atoms with E-state index in [1.807, 2.05) is 36.6 Å². The summed E-state index contributed by atoms with van der Waals surface area (Å²) in [4.78, 5) is 0.925. The van der Waals surface area contributed by atoms with Crippen molar-refractivity contribution in [3.05, 3.63) is 30.3 Å². The van der Waals surface area contributed by atoms with E-state index in [2.05, 4.69) is 10.0 Å². The quantitative estimate of drug-likeness (QED) is 0.689. The van der Waals surface area contributed by atoms with Crippen LogP contribution in [0, 0.1) is 0 Å². The van der Waals surface area contributed by atoms with Gasteiger partial charge in [-0.2, -0.15) is 0 Å². The van der Waals surface area contributed by atoms with Crippen LogP contribution in [0.1, 0.15) is 12.8 Å². The van der Waals surface area contributed by atoms with Gasteiger partial charge in [-0.25, -0.2) is 0 Å². The van der Waals surface area contributed by atoms with Gasteiger partial charge in [-0.05, 0) is 48.2 Å². The van der Waals surface area contributed by atoms with E-state index in [9.17, 15) is 4.21 Å². The topological polar surface area (TPSA) is 41.1 Å². The van der Waals surface area contributed by atoms with Crippen molar-refractivity contribution in [2.75, 3.05) is 19.3 Å². The predicted molar refractivity (Wildman–Crippen MR) is 69.2 cm³/mol. The van der Waals surface area contributed by atoms with E-state index in [-0.39, 0.29) is 0 Å². The zero-order chi connectivity index (χ0) is 11.4. The summed E-state index contributed by atoms with van der Waals surface area (Å²) >= 11 is 0. The Morgan fingerprint density at radius 1 is 1.25 bits per heavy atom. The molecule has 0 atom stereocenters. The van der Waals surface area contributed by atoms with E-state index in [0.717, 1.165) is 30.8 Å². The normalized spacial score (nSPS) is 19.6. The summed E-state index contributed by atoms with van der Waals surface area (Å²) in [6.07, 6.45) is 3.94. The number of benzene rings is 1. The molecule has 0 amide bonds. The molecule has 3 nitrogen and oxygen atoms in total. The Balaban J connectivity index is 2.05. The van der Waals surface area contributed by atoms with Gasteiger partial charge >= 0.3 is 0 Å². The zero-order valence-corrected chi connectivity index (χ0v) is 10.5. The average molecular weight is 240 g/mol. The molecule has 0 saturated carbocycles. The van der Waals surface area contributed by atoms with Crippen LogP contribution in [0.15, 0.2) is 35.2 Å². The highest BCUT2D eigenvalue weighted by Gasteiger charge is 2.19. The Morgan fingerprint density at radius 3 is 2.50 bits per heavy atom. The van der Waals surface area contributed by atoms with Gasteiger partial charge in [0, 0.05) is 17.2 Å². The molecule has 1 aliphatic rings. The monoisotopic (exact) mass is 240 g/mol. The van der Waals surface area contributed by atoms with E-state index in [1.54, 1.807) is 0 Å². The van der Waals surface area contributed by atoms with E-state index in [4.69, 9.17) is 0 Å². The van der Waals surface area contributed by atoms with Gasteiger partial charge in [-0.1, -0.05) is 18.2 Å². The minimum Gasteiger partial charge on any atom is -0.317 e. The highest BCUT2D eigenvalue weighted by Crippen LogP contribution is 2.15. The number of hydrogen-bond acceptors (Lipinski definition) is 2. The van der Waals surface area contributed by atoms with Crippen LogP contribution in [0.4, 0.5) is 0 Å². The van der Waals surface area contributed by atoms with Crippen LogP contribution in [-0.2, 0) is 10.1 Å². The lowest BCUT2D eigenvalue weighted by atomic mass is 10.1. The van der Waals surface area contributed by atoms with Crippen LogP contribution in [0.2, 0.25) is 0 Å². The van der Waals surface area contributed by atoms with Crippen LogP contribution in [0.3, 0.4) is 0 Å². The first-order valence-electron chi connectivity index (χ1n) is 5.80. The number of hydrogen-bond donors (Lipinski definition) is 3. The molecule has 1 heterocycles. The molecule has 16 heavy (non-hydrogen) atoms. The third kappa shape index (κ3) is 2.90. The summed E-state index contributed by atoms with van der Waals surface area (Å²) in [7, 11) is -2.39. The number of piperidine rings is 1. The first kappa shape index (κ1) is 11.8. The summed E-state index contributed by atoms with van der Waals surface area (Å²) in [6.45, 7) is 2.04. The van der Waals surface area contributed by atoms with Gasteiger partial charge < -0.3 is 5.32 Å². The first-order chi connectivity index (χ1) is 7.68. The second-order valence-corrected chi connectivity index (χ2v) is 7.04. The summed E-state index contributed by atoms with van der Waals surface area (Å²) in [5, 5.41) is 3.31. The summed E-state index contributed by atoms with van der Waals surface area (Å²) in [5.41, 5.74) is 0. The van der Waals surface area contributed by atoms with E-state index >= 15 is 0 Å². The van der Waals surface area contributed by atoms with Crippen molar-refractivity contribution in [1.82, 2.24) is 10.0 Å². The summed E-state index contributed by atoms with van der Waals surface area (Å²) in [5.74, 6) is 0. The first-order valence-corrected chi connectivity index (χ1v) is 7.95. The maximum absolute atomic E-state index is 12.6. The fraction of sp³-hybridized carbons (Fsp3) is 0.500. The molecule has 4 heteroatoms. The molecule has 90 valence electrons. The molecule has 0 aliphatic carbocycles. The van der Waals surface area contributed by atoms with E-state index in [0.29, 0.717) is 6.04 Å². The molecule has 0 unspecified atom stereocenters. The molecule has 0 aromatic heterocycles. The van der Waals surface area contributed by atoms with E-state index in [1.165, 1.54) is 0 Å². The Hall–Kier alpha value is -0.710. The summed E-state index contributed by atoms with van der Waals surface area (Å²) < 4.78 is 15.9. The molecule has 0 spiro atoms. The van der Waals surface area contributed by atoms with Crippen molar-refractivity contribution >= 4 is 10.1 Å². The number of nitrogens with one attached hydrogen (secondary N) is 2. The molecular weight excluding hydrogens is 220 g/mol. The van der Waals surface area contributed by atoms with E-state index < -0.39 is 10.1 Å². The minimum absolute atomic E-state index is 0.386. The Morgan fingerprint density at radius 2 is 1.88 bits per heavy atom. The van der Waals surface area contributed by atoms with Crippen LogP contribution in [-0.4, -0.2) is 29.6 Å². The Bertz CT molecular complexity index is 374. The SMILES string of the molecule is C[SH](=O)(NC1CCNCC1)c1ccccc1. The third-order valence-electron chi connectivity index (χ3n) is 3.02. The maximum atomic E-state index is 12.6. The zero-order valence-electron chi connectivity index (χ0n) is 9.65. The van der Waals surface area contributed by atoms with Gasteiger partial charge in [-0.3, -0.25) is 8.93 Å². The molecule has 1 aromatic carbocycles. The van der Waals surface area contributed by atoms with Crippen LogP contribution >= 0.6 is 0 Å². The molecule has 0 bridgehead atoms. The molecule has 1 saturated heterocycles. The van der Waals surface area contributed by atoms with Gasteiger partial charge in [0.05, 0.1) is 0 Å². The molecule has 1 aliphatic heterocycles. The number of thiol groups is 1. The van der Waals surface area contributed by atoms with Crippen molar-refractivity contribution < 1.29 is 4.21 Å². The lowest BCUT2D eigenvalue weighted by molar-refractivity contribution is 0.433. The summed E-state index contributed by atoms with van der Waals surface area (Å²) in [6, 6.07) is 10.1. The smallest absolute Gasteiger partial charge is 0.0268 e. The second kappa shape index (κ2) is 5.08. The Kier molecular flexibility index (Phi) is 3.74. The van der Waals surface area contributed by atoms with Gasteiger partial charge in [-0.15, -0.1) is 0 Å². The lowest BCUT2D eigenvalue weighted by Crippen LogP contribution is -2.45. The van der Waals surface area contributed by atoms with Crippen molar-refractivity contribution in [3.63, 3.8) is 0 Å². The molecule has 1 aromatic rings. The highest BCUT2D eigenvalue weighted by molar-refractivity contribution is 8.00. The van der Waals surface area contributed by atoms with Gasteiger partial charge in [0.25, 0.3) is 0 Å². The van der Waals surface area contributed by atoms with Gasteiger partial charge in [0.15, 0.2) is 0 Å². The van der Waals surface area contributed by atoms with Crippen molar-refractivity contribution in [1.29, 1.82) is 0 Å². The largest absolute Gasteiger partial charge is 0.317 e. The predicted octanol–water partition coefficient (Wildman–Crippen LogP) is 0.949. The standard InChI is InChI=1S/C12H20N2OS/c1-16(15,12-5-3-2-4-6-12)14-11-7-9-13-10-8-11/h2-6,11,13,16H,7-10H2,1H3,(H,14,15). The molecule has 1 fully saturated rings. The van der Waals surface area contributed by atoms with Crippen molar-refractivity contribution in [3.8, 4) is 0 Å². The second-order valence-electron chi connectivity index (χ2n) is 4.41. The Labute approximate surface area is 98.2 Å². The fourth-order valence-corrected chi connectivity index (χ4v) is 3.93. The fourth-order valence-electron chi connectivity index (χ4n) is 2.09. The molecule has 2 N–H and O–H groups in total. The maximum Gasteiger partial charge on any atom is 0.0268 e. The van der Waals surface area contributed by atoms with Gasteiger partial charge in [0.2, 0.25) is 0 Å². The average Bonchev–Trinajstić information content (AvgIpc) is 2.31. The van der Waals surface area contributed by atoms with Crippen LogP contribution in [0.25, 0.3) is 0 Å². The van der Waals surface area contributed by atoms with Crippen molar-refractivity contribution in [2.45, 2.75) is 23.8 Å². The molecule has 0 radical (unpaired) electrons. The van der Waals surface area contributed by atoms with Crippen LogP contribution < -0.4 is 10.0 Å². The lowest BCUT2D eigenvalue weighted by Gasteiger charge is -2.30. The molecular formula is C12H20N2OS.